The maximum atomic E-state index is 12.4. The van der Waals surface area contributed by atoms with Crippen LogP contribution < -0.4 is 26.4 Å². The van der Waals surface area contributed by atoms with Crippen molar-refractivity contribution in [3.8, 4) is 5.75 Å². The Morgan fingerprint density at radius 2 is 1.55 bits per heavy atom. The van der Waals surface area contributed by atoms with E-state index in [-0.39, 0.29) is 23.9 Å². The molecular weight excluding hydrogens is 444 g/mol. The second-order valence-corrected chi connectivity index (χ2v) is 7.38. The van der Waals surface area contributed by atoms with E-state index in [1.165, 1.54) is 6.07 Å². The van der Waals surface area contributed by atoms with Crippen LogP contribution in [0.25, 0.3) is 0 Å². The van der Waals surface area contributed by atoms with E-state index in [9.17, 15) is 14.4 Å². The Morgan fingerprint density at radius 1 is 0.909 bits per heavy atom. The Morgan fingerprint density at radius 3 is 2.18 bits per heavy atom. The summed E-state index contributed by atoms with van der Waals surface area (Å²) in [4.78, 5) is 36.2. The first kappa shape index (κ1) is 23.6. The summed E-state index contributed by atoms with van der Waals surface area (Å²) in [6.07, 6.45) is 0. The van der Waals surface area contributed by atoms with Gasteiger partial charge < -0.3 is 26.4 Å². The Labute approximate surface area is 196 Å². The molecule has 0 atom stereocenters. The van der Waals surface area contributed by atoms with Gasteiger partial charge in [-0.05, 0) is 73.7 Å². The highest BCUT2D eigenvalue weighted by Gasteiger charge is 2.11. The van der Waals surface area contributed by atoms with E-state index in [1.807, 2.05) is 6.92 Å². The zero-order valence-electron chi connectivity index (χ0n) is 17.9. The molecule has 3 aromatic rings. The van der Waals surface area contributed by atoms with Crippen LogP contribution in [0.3, 0.4) is 0 Å². The van der Waals surface area contributed by atoms with E-state index in [2.05, 4.69) is 16.0 Å². The maximum Gasteiger partial charge on any atom is 0.255 e. The highest BCUT2D eigenvalue weighted by molar-refractivity contribution is 6.31. The molecule has 0 saturated carbocycles. The third-order valence-corrected chi connectivity index (χ3v) is 4.78. The minimum Gasteiger partial charge on any atom is -0.494 e. The first-order valence-corrected chi connectivity index (χ1v) is 10.5. The van der Waals surface area contributed by atoms with Crippen LogP contribution in [0.1, 0.15) is 27.6 Å². The van der Waals surface area contributed by atoms with Gasteiger partial charge in [-0.15, -0.1) is 0 Å². The zero-order valence-corrected chi connectivity index (χ0v) is 18.6. The lowest BCUT2D eigenvalue weighted by molar-refractivity contribution is -0.114. The van der Waals surface area contributed by atoms with Gasteiger partial charge in [0.05, 0.1) is 18.7 Å². The molecule has 0 unspecified atom stereocenters. The predicted molar refractivity (Wildman–Crippen MR) is 129 cm³/mol. The molecular formula is C24H23ClN4O4. The molecule has 0 spiro atoms. The number of anilines is 3. The molecule has 3 aromatic carbocycles. The van der Waals surface area contributed by atoms with Crippen molar-refractivity contribution < 1.29 is 19.1 Å². The number of halogens is 1. The lowest BCUT2D eigenvalue weighted by Gasteiger charge is -2.11. The fourth-order valence-electron chi connectivity index (χ4n) is 2.96. The minimum absolute atomic E-state index is 0.0953. The number of nitrogens with one attached hydrogen (secondary N) is 3. The molecule has 0 fully saturated rings. The lowest BCUT2D eigenvalue weighted by atomic mass is 10.1. The van der Waals surface area contributed by atoms with Crippen molar-refractivity contribution in [2.24, 2.45) is 5.73 Å². The average Bonchev–Trinajstić information content (AvgIpc) is 2.80. The molecule has 33 heavy (non-hydrogen) atoms. The van der Waals surface area contributed by atoms with Crippen LogP contribution in [-0.4, -0.2) is 30.9 Å². The molecule has 0 bridgehead atoms. The van der Waals surface area contributed by atoms with E-state index in [1.54, 1.807) is 60.7 Å². The van der Waals surface area contributed by atoms with Gasteiger partial charge in [-0.3, -0.25) is 14.4 Å². The van der Waals surface area contributed by atoms with Crippen molar-refractivity contribution in [1.29, 1.82) is 0 Å². The summed E-state index contributed by atoms with van der Waals surface area (Å²) in [5, 5.41) is 8.75. The Hall–Kier alpha value is -4.04. The monoisotopic (exact) mass is 466 g/mol. The van der Waals surface area contributed by atoms with Crippen LogP contribution in [0, 0.1) is 0 Å². The lowest BCUT2D eigenvalue weighted by Crippen LogP contribution is -2.23. The molecule has 5 N–H and O–H groups in total. The van der Waals surface area contributed by atoms with Crippen molar-refractivity contribution >= 4 is 46.4 Å². The molecule has 0 heterocycles. The molecule has 170 valence electrons. The normalized spacial score (nSPS) is 10.2. The summed E-state index contributed by atoms with van der Waals surface area (Å²) in [6.45, 7) is 2.37. The van der Waals surface area contributed by atoms with E-state index in [0.29, 0.717) is 34.3 Å². The first-order chi connectivity index (χ1) is 15.9. The number of rotatable bonds is 9. The zero-order chi connectivity index (χ0) is 23.8. The van der Waals surface area contributed by atoms with Crippen molar-refractivity contribution in [2.45, 2.75) is 6.92 Å². The van der Waals surface area contributed by atoms with E-state index in [4.69, 9.17) is 22.1 Å². The Balaban J connectivity index is 1.54. The van der Waals surface area contributed by atoms with Crippen LogP contribution in [0.4, 0.5) is 17.1 Å². The molecule has 0 aliphatic rings. The van der Waals surface area contributed by atoms with Crippen molar-refractivity contribution in [1.82, 2.24) is 0 Å². The summed E-state index contributed by atoms with van der Waals surface area (Å²) < 4.78 is 5.38. The number of carbonyl (C=O) groups excluding carboxylic acids is 3. The Kier molecular flexibility index (Phi) is 7.88. The molecule has 3 rings (SSSR count). The van der Waals surface area contributed by atoms with Gasteiger partial charge >= 0.3 is 0 Å². The molecule has 0 aliphatic carbocycles. The van der Waals surface area contributed by atoms with Gasteiger partial charge in [0.2, 0.25) is 5.91 Å². The summed E-state index contributed by atoms with van der Waals surface area (Å²) in [5.74, 6) is -0.543. The first-order valence-electron chi connectivity index (χ1n) is 10.1. The van der Waals surface area contributed by atoms with Gasteiger partial charge in [0.1, 0.15) is 5.75 Å². The molecule has 0 saturated heterocycles. The molecule has 0 aromatic heterocycles. The number of primary amides is 1. The Bertz CT molecular complexity index is 1150. The van der Waals surface area contributed by atoms with Crippen LogP contribution in [0.2, 0.25) is 5.02 Å². The number of ether oxygens (including phenoxy) is 1. The molecule has 0 radical (unpaired) electrons. The highest BCUT2D eigenvalue weighted by Crippen LogP contribution is 2.20. The van der Waals surface area contributed by atoms with Crippen LogP contribution in [0.5, 0.6) is 5.75 Å². The van der Waals surface area contributed by atoms with Gasteiger partial charge in [0, 0.05) is 27.6 Å². The molecule has 9 heteroatoms. The topological polar surface area (TPSA) is 123 Å². The van der Waals surface area contributed by atoms with Gasteiger partial charge in [-0.2, -0.15) is 0 Å². The van der Waals surface area contributed by atoms with Crippen LogP contribution in [-0.2, 0) is 4.79 Å². The highest BCUT2D eigenvalue weighted by atomic mass is 35.5. The maximum absolute atomic E-state index is 12.4. The number of nitrogens with two attached hydrogens (primary N) is 1. The molecule has 3 amide bonds. The SMILES string of the molecule is CCOc1ccc(NC(=O)c2ccc(NC(=O)CNc3ccc(Cl)cc3C(N)=O)cc2)cc1. The quantitative estimate of drug-likeness (QED) is 0.377. The molecule has 8 nitrogen and oxygen atoms in total. The minimum atomic E-state index is -0.653. The van der Waals surface area contributed by atoms with Crippen molar-refractivity contribution in [3.63, 3.8) is 0 Å². The third-order valence-electron chi connectivity index (χ3n) is 4.54. The summed E-state index contributed by atoms with van der Waals surface area (Å²) >= 11 is 5.88. The van der Waals surface area contributed by atoms with Crippen LogP contribution >= 0.6 is 11.6 Å². The van der Waals surface area contributed by atoms with Crippen molar-refractivity contribution in [2.75, 3.05) is 29.1 Å². The predicted octanol–water partition coefficient (Wildman–Crippen LogP) is 4.14. The second-order valence-electron chi connectivity index (χ2n) is 6.94. The smallest absolute Gasteiger partial charge is 0.255 e. The van der Waals surface area contributed by atoms with Crippen LogP contribution in [0.15, 0.2) is 66.7 Å². The van der Waals surface area contributed by atoms with E-state index in [0.717, 1.165) is 5.75 Å². The number of hydrogen-bond acceptors (Lipinski definition) is 5. The number of benzene rings is 3. The average molecular weight is 467 g/mol. The number of carbonyl (C=O) groups is 3. The van der Waals surface area contributed by atoms with E-state index < -0.39 is 5.91 Å². The number of hydrogen-bond donors (Lipinski definition) is 4. The summed E-state index contributed by atoms with van der Waals surface area (Å²) in [5.41, 5.74) is 7.54. The van der Waals surface area contributed by atoms with E-state index >= 15 is 0 Å². The largest absolute Gasteiger partial charge is 0.494 e. The molecule has 0 aliphatic heterocycles. The van der Waals surface area contributed by atoms with Gasteiger partial charge in [-0.25, -0.2) is 0 Å². The summed E-state index contributed by atoms with van der Waals surface area (Å²) in [6, 6.07) is 18.1. The second kappa shape index (κ2) is 11.0. The third kappa shape index (κ3) is 6.72. The van der Waals surface area contributed by atoms with Gasteiger partial charge in [0.15, 0.2) is 0 Å². The van der Waals surface area contributed by atoms with Crippen molar-refractivity contribution in [3.05, 3.63) is 82.9 Å². The van der Waals surface area contributed by atoms with Gasteiger partial charge in [-0.1, -0.05) is 11.6 Å². The number of amides is 3. The fraction of sp³-hybridized carbons (Fsp3) is 0.125. The summed E-state index contributed by atoms with van der Waals surface area (Å²) in [7, 11) is 0. The fourth-order valence-corrected chi connectivity index (χ4v) is 3.14. The van der Waals surface area contributed by atoms with Gasteiger partial charge in [0.25, 0.3) is 11.8 Å². The standard InChI is InChI=1S/C24H23ClN4O4/c1-2-33-19-10-8-18(9-11-19)29-24(32)15-3-6-17(7-4-15)28-22(30)14-27-21-12-5-16(25)13-20(21)23(26)31/h3-13,27H,2,14H2,1H3,(H2,26,31)(H,28,30)(H,29,32).